The number of nitrogens with one attached hydrogen (secondary N) is 1. The van der Waals surface area contributed by atoms with Crippen molar-refractivity contribution in [1.29, 1.82) is 0 Å². The molecule has 1 saturated heterocycles. The van der Waals surface area contributed by atoms with Gasteiger partial charge in [-0.25, -0.2) is 4.79 Å². The highest BCUT2D eigenvalue weighted by molar-refractivity contribution is 6.35. The van der Waals surface area contributed by atoms with Crippen LogP contribution in [0.4, 0.5) is 0 Å². The fraction of sp³-hybridized carbons (Fsp3) is 0.423. The number of nitrogens with zero attached hydrogens (tertiary/aromatic N) is 1. The molecule has 0 unspecified atom stereocenters. The van der Waals surface area contributed by atoms with Crippen LogP contribution in [0.2, 0.25) is 5.02 Å². The SMILES string of the molecule is O=C(N[C@H](Cc1ccc(-c2cccc(Cl)c2)cc1)C[C@@H](O)C(=O)O)C(=O)N1CCC(CCO)CC1. The Balaban J connectivity index is 1.65. The summed E-state index contributed by atoms with van der Waals surface area (Å²) in [6.45, 7) is 0.974. The van der Waals surface area contributed by atoms with Crippen LogP contribution in [0.1, 0.15) is 31.2 Å². The van der Waals surface area contributed by atoms with Crippen molar-refractivity contribution < 1.29 is 29.7 Å². The van der Waals surface area contributed by atoms with E-state index in [1.54, 1.807) is 6.07 Å². The van der Waals surface area contributed by atoms with Crippen LogP contribution in [0.5, 0.6) is 0 Å². The molecule has 0 spiro atoms. The van der Waals surface area contributed by atoms with Crippen LogP contribution < -0.4 is 5.32 Å². The number of carbonyl (C=O) groups is 3. The number of hydrogen-bond acceptors (Lipinski definition) is 5. The molecule has 188 valence electrons. The van der Waals surface area contributed by atoms with E-state index in [-0.39, 0.29) is 19.4 Å². The number of benzene rings is 2. The van der Waals surface area contributed by atoms with E-state index in [9.17, 15) is 19.5 Å². The molecule has 0 radical (unpaired) electrons. The highest BCUT2D eigenvalue weighted by Crippen LogP contribution is 2.24. The Morgan fingerprint density at radius 3 is 2.34 bits per heavy atom. The molecule has 1 heterocycles. The zero-order valence-electron chi connectivity index (χ0n) is 19.4. The normalized spacial score (nSPS) is 15.9. The lowest BCUT2D eigenvalue weighted by Crippen LogP contribution is -2.50. The molecule has 0 aliphatic carbocycles. The third-order valence-electron chi connectivity index (χ3n) is 6.36. The lowest BCUT2D eigenvalue weighted by Gasteiger charge is -2.31. The number of carboxylic acids is 1. The second kappa shape index (κ2) is 12.7. The van der Waals surface area contributed by atoms with Gasteiger partial charge in [0.1, 0.15) is 0 Å². The Bertz CT molecular complexity index is 1020. The van der Waals surface area contributed by atoms with E-state index in [4.69, 9.17) is 21.8 Å². The second-order valence-electron chi connectivity index (χ2n) is 8.92. The summed E-state index contributed by atoms with van der Waals surface area (Å²) in [7, 11) is 0. The summed E-state index contributed by atoms with van der Waals surface area (Å²) in [6.07, 6.45) is 0.468. The molecule has 1 aliphatic heterocycles. The van der Waals surface area contributed by atoms with Gasteiger partial charge in [0.05, 0.1) is 0 Å². The van der Waals surface area contributed by atoms with Gasteiger partial charge < -0.3 is 25.5 Å². The van der Waals surface area contributed by atoms with Crippen molar-refractivity contribution in [2.45, 2.75) is 44.2 Å². The zero-order valence-corrected chi connectivity index (χ0v) is 20.2. The van der Waals surface area contributed by atoms with E-state index in [0.717, 1.165) is 29.5 Å². The van der Waals surface area contributed by atoms with Crippen molar-refractivity contribution in [3.05, 3.63) is 59.1 Å². The molecular formula is C26H31ClN2O6. The number of piperidine rings is 1. The number of hydrogen-bond donors (Lipinski definition) is 4. The van der Waals surface area contributed by atoms with Gasteiger partial charge in [0.2, 0.25) is 0 Å². The van der Waals surface area contributed by atoms with Crippen molar-refractivity contribution in [3.63, 3.8) is 0 Å². The van der Waals surface area contributed by atoms with Gasteiger partial charge in [-0.05, 0) is 60.4 Å². The highest BCUT2D eigenvalue weighted by Gasteiger charge is 2.29. The van der Waals surface area contributed by atoms with E-state index in [2.05, 4.69) is 5.32 Å². The van der Waals surface area contributed by atoms with Crippen molar-refractivity contribution in [1.82, 2.24) is 10.2 Å². The predicted octanol–water partition coefficient (Wildman–Crippen LogP) is 2.49. The van der Waals surface area contributed by atoms with E-state index < -0.39 is 29.9 Å². The highest BCUT2D eigenvalue weighted by atomic mass is 35.5. The van der Waals surface area contributed by atoms with Crippen LogP contribution in [0.3, 0.4) is 0 Å². The second-order valence-corrected chi connectivity index (χ2v) is 9.36. The Morgan fingerprint density at radius 1 is 1.06 bits per heavy atom. The quantitative estimate of drug-likeness (QED) is 0.390. The minimum Gasteiger partial charge on any atom is -0.479 e. The molecule has 4 N–H and O–H groups in total. The third kappa shape index (κ3) is 7.78. The van der Waals surface area contributed by atoms with Crippen LogP contribution in [-0.4, -0.2) is 69.8 Å². The number of aliphatic hydroxyl groups excluding tert-OH is 2. The smallest absolute Gasteiger partial charge is 0.332 e. The Kier molecular flexibility index (Phi) is 9.65. The lowest BCUT2D eigenvalue weighted by molar-refractivity contribution is -0.149. The topological polar surface area (TPSA) is 127 Å². The number of amides is 2. The maximum Gasteiger partial charge on any atom is 0.332 e. The van der Waals surface area contributed by atoms with Gasteiger partial charge in [0, 0.05) is 37.2 Å². The van der Waals surface area contributed by atoms with E-state index in [0.29, 0.717) is 30.5 Å². The summed E-state index contributed by atoms with van der Waals surface area (Å²) in [6, 6.07) is 14.2. The Morgan fingerprint density at radius 2 is 1.74 bits per heavy atom. The van der Waals surface area contributed by atoms with Crippen LogP contribution >= 0.6 is 11.6 Å². The van der Waals surface area contributed by atoms with Crippen molar-refractivity contribution in [2.75, 3.05) is 19.7 Å². The molecule has 9 heteroatoms. The molecule has 2 atom stereocenters. The van der Waals surface area contributed by atoms with Crippen molar-refractivity contribution in [2.24, 2.45) is 5.92 Å². The molecule has 0 aromatic heterocycles. The first-order valence-electron chi connectivity index (χ1n) is 11.7. The summed E-state index contributed by atoms with van der Waals surface area (Å²) in [5, 5.41) is 31.4. The molecular weight excluding hydrogens is 472 g/mol. The summed E-state index contributed by atoms with van der Waals surface area (Å²) in [5.41, 5.74) is 2.71. The van der Waals surface area contributed by atoms with E-state index in [1.165, 1.54) is 4.90 Å². The van der Waals surface area contributed by atoms with Crippen LogP contribution in [0.15, 0.2) is 48.5 Å². The van der Waals surface area contributed by atoms with Crippen molar-refractivity contribution in [3.8, 4) is 11.1 Å². The predicted molar refractivity (Wildman–Crippen MR) is 132 cm³/mol. The zero-order chi connectivity index (χ0) is 25.4. The molecule has 2 aromatic rings. The Labute approximate surface area is 209 Å². The molecule has 1 fully saturated rings. The maximum atomic E-state index is 12.7. The maximum absolute atomic E-state index is 12.7. The number of aliphatic hydroxyl groups is 2. The third-order valence-corrected chi connectivity index (χ3v) is 6.59. The average Bonchev–Trinajstić information content (AvgIpc) is 2.84. The van der Waals surface area contributed by atoms with Crippen LogP contribution in [0, 0.1) is 5.92 Å². The minimum absolute atomic E-state index is 0.104. The molecule has 35 heavy (non-hydrogen) atoms. The molecule has 2 aromatic carbocycles. The number of rotatable bonds is 9. The van der Waals surface area contributed by atoms with Crippen LogP contribution in [0.25, 0.3) is 11.1 Å². The molecule has 1 aliphatic rings. The van der Waals surface area contributed by atoms with Gasteiger partial charge in [-0.1, -0.05) is 48.0 Å². The van der Waals surface area contributed by atoms with Crippen molar-refractivity contribution >= 4 is 29.4 Å². The molecule has 8 nitrogen and oxygen atoms in total. The number of carboxylic acid groups (broad SMARTS) is 1. The van der Waals surface area contributed by atoms with Gasteiger partial charge in [-0.3, -0.25) is 9.59 Å². The summed E-state index contributed by atoms with van der Waals surface area (Å²) < 4.78 is 0. The van der Waals surface area contributed by atoms with Crippen LogP contribution in [-0.2, 0) is 20.8 Å². The summed E-state index contributed by atoms with van der Waals surface area (Å²) in [4.78, 5) is 38.0. The van der Waals surface area contributed by atoms with Gasteiger partial charge in [-0.2, -0.15) is 0 Å². The largest absolute Gasteiger partial charge is 0.479 e. The minimum atomic E-state index is -1.67. The fourth-order valence-corrected chi connectivity index (χ4v) is 4.54. The molecule has 3 rings (SSSR count). The van der Waals surface area contributed by atoms with Gasteiger partial charge in [0.15, 0.2) is 6.10 Å². The van der Waals surface area contributed by atoms with E-state index in [1.807, 2.05) is 42.5 Å². The standard InChI is InChI=1S/C26H31ClN2O6/c27-21-3-1-2-20(15-21)19-6-4-18(5-7-19)14-22(16-23(31)26(34)35)28-24(32)25(33)29-11-8-17(9-12-29)10-13-30/h1-7,15,17,22-23,30-31H,8-14,16H2,(H,28,32)(H,34,35)/t22-,23-/m1/s1. The fourth-order valence-electron chi connectivity index (χ4n) is 4.35. The Hall–Kier alpha value is -2.94. The molecule has 0 saturated carbocycles. The van der Waals surface area contributed by atoms with Gasteiger partial charge in [0.25, 0.3) is 0 Å². The number of halogens is 1. The first kappa shape index (κ1) is 26.7. The first-order valence-corrected chi connectivity index (χ1v) is 12.1. The van der Waals surface area contributed by atoms with Gasteiger partial charge in [-0.15, -0.1) is 0 Å². The van der Waals surface area contributed by atoms with Gasteiger partial charge >= 0.3 is 17.8 Å². The summed E-state index contributed by atoms with van der Waals surface area (Å²) in [5.74, 6) is -2.54. The number of likely N-dealkylation sites (tertiary alicyclic amines) is 1. The molecule has 2 amide bonds. The monoisotopic (exact) mass is 502 g/mol. The number of carbonyl (C=O) groups excluding carboxylic acids is 2. The summed E-state index contributed by atoms with van der Waals surface area (Å²) >= 11 is 6.07. The first-order chi connectivity index (χ1) is 16.8. The average molecular weight is 503 g/mol. The molecule has 0 bridgehead atoms. The lowest BCUT2D eigenvalue weighted by atomic mass is 9.94. The van der Waals surface area contributed by atoms with E-state index >= 15 is 0 Å². The number of aliphatic carboxylic acids is 1.